The zero-order valence-corrected chi connectivity index (χ0v) is 22.2. The maximum absolute atomic E-state index is 13.6. The number of aliphatic hydroxyl groups is 1. The molecule has 0 aliphatic heterocycles. The molecule has 0 fully saturated rings. The molecule has 3 heterocycles. The van der Waals surface area contributed by atoms with Gasteiger partial charge in [-0.3, -0.25) is 9.20 Å². The van der Waals surface area contributed by atoms with Gasteiger partial charge < -0.3 is 19.6 Å². The first-order valence-corrected chi connectivity index (χ1v) is 13.1. The van der Waals surface area contributed by atoms with Gasteiger partial charge in [-0.15, -0.1) is 10.2 Å². The maximum atomic E-state index is 13.6. The molecule has 0 spiro atoms. The Balaban J connectivity index is 1.46. The Morgan fingerprint density at radius 3 is 2.62 bits per heavy atom. The molecule has 0 atom stereocenters. The van der Waals surface area contributed by atoms with Crippen LogP contribution >= 0.6 is 11.8 Å². The standard InChI is InChI=1S/C28H22N6O5S/c1-38-17-9-7-8-16(14-17)33-25(36)18-10-3-6-13-21(18)34-27(33)31-32-28(34)40-15-22(35)23(26(37)39-2)24-29-19-11-4-5-12-20(19)30-24/h3-14,35H,15H2,1-2H3,(H,29,30)/b23-22+. The zero-order chi connectivity index (χ0) is 27.8. The van der Waals surface area contributed by atoms with Crippen LogP contribution in [0.1, 0.15) is 5.82 Å². The Morgan fingerprint density at radius 2 is 1.82 bits per heavy atom. The Labute approximate surface area is 230 Å². The summed E-state index contributed by atoms with van der Waals surface area (Å²) in [6.07, 6.45) is 0. The van der Waals surface area contributed by atoms with E-state index in [1.165, 1.54) is 11.7 Å². The number of methoxy groups -OCH3 is 2. The van der Waals surface area contributed by atoms with Gasteiger partial charge in [0.25, 0.3) is 5.56 Å². The lowest BCUT2D eigenvalue weighted by Gasteiger charge is -2.12. The molecule has 6 rings (SSSR count). The minimum atomic E-state index is -0.736. The van der Waals surface area contributed by atoms with Gasteiger partial charge in [0.15, 0.2) is 5.16 Å². The van der Waals surface area contributed by atoms with Crippen molar-refractivity contribution in [3.05, 3.63) is 94.7 Å². The van der Waals surface area contributed by atoms with Crippen molar-refractivity contribution in [1.29, 1.82) is 0 Å². The molecule has 40 heavy (non-hydrogen) atoms. The van der Waals surface area contributed by atoms with Crippen LogP contribution in [0.4, 0.5) is 0 Å². The van der Waals surface area contributed by atoms with Gasteiger partial charge in [-0.05, 0) is 36.4 Å². The maximum Gasteiger partial charge on any atom is 0.345 e. The van der Waals surface area contributed by atoms with Crippen LogP contribution in [0.15, 0.2) is 88.5 Å². The minimum absolute atomic E-state index is 0.0467. The number of hydrogen-bond acceptors (Lipinski definition) is 9. The van der Waals surface area contributed by atoms with Crippen molar-refractivity contribution in [2.45, 2.75) is 5.16 Å². The van der Waals surface area contributed by atoms with Crippen molar-refractivity contribution in [2.24, 2.45) is 0 Å². The molecule has 200 valence electrons. The molecule has 0 saturated carbocycles. The van der Waals surface area contributed by atoms with Crippen LogP contribution in [0, 0.1) is 0 Å². The number of nitrogens with zero attached hydrogens (tertiary/aromatic N) is 5. The SMILES string of the molecule is COC(=O)/C(=C(/O)CSc1nnc2n(-c3cccc(OC)c3)c(=O)c3ccccc3n12)c1nc2ccccc2[nH]1. The number of benzene rings is 3. The van der Waals surface area contributed by atoms with Gasteiger partial charge in [0.05, 0.1) is 47.6 Å². The third-order valence-corrected chi connectivity index (χ3v) is 7.29. The summed E-state index contributed by atoms with van der Waals surface area (Å²) < 4.78 is 13.5. The van der Waals surface area contributed by atoms with E-state index in [9.17, 15) is 14.7 Å². The molecule has 0 aliphatic carbocycles. The van der Waals surface area contributed by atoms with Crippen molar-refractivity contribution in [2.75, 3.05) is 20.0 Å². The quantitative estimate of drug-likeness (QED) is 0.129. The average Bonchev–Trinajstić information content (AvgIpc) is 3.60. The highest BCUT2D eigenvalue weighted by molar-refractivity contribution is 7.99. The molecule has 0 radical (unpaired) electrons. The second-order valence-electron chi connectivity index (χ2n) is 8.68. The van der Waals surface area contributed by atoms with Gasteiger partial charge in [-0.25, -0.2) is 14.3 Å². The molecule has 0 unspecified atom stereocenters. The lowest BCUT2D eigenvalue weighted by Crippen LogP contribution is -2.21. The highest BCUT2D eigenvalue weighted by Gasteiger charge is 2.24. The van der Waals surface area contributed by atoms with Gasteiger partial charge in [-0.1, -0.05) is 42.1 Å². The Kier molecular flexibility index (Phi) is 6.44. The van der Waals surface area contributed by atoms with E-state index in [1.807, 2.05) is 24.3 Å². The van der Waals surface area contributed by atoms with Gasteiger partial charge in [0.2, 0.25) is 5.78 Å². The van der Waals surface area contributed by atoms with E-state index in [-0.39, 0.29) is 34.2 Å². The molecule has 0 amide bonds. The smallest absolute Gasteiger partial charge is 0.345 e. The van der Waals surface area contributed by atoms with Gasteiger partial charge in [0, 0.05) is 6.07 Å². The van der Waals surface area contributed by atoms with Crippen LogP contribution in [0.25, 0.3) is 39.0 Å². The summed E-state index contributed by atoms with van der Waals surface area (Å²) in [6, 6.07) is 21.5. The number of hydrogen-bond donors (Lipinski definition) is 2. The summed E-state index contributed by atoms with van der Waals surface area (Å²) in [5.74, 6) is 0.0249. The molecule has 0 aliphatic rings. The van der Waals surface area contributed by atoms with E-state index in [1.54, 1.807) is 60.0 Å². The van der Waals surface area contributed by atoms with E-state index in [0.29, 0.717) is 38.5 Å². The van der Waals surface area contributed by atoms with Crippen LogP contribution in [0.5, 0.6) is 5.75 Å². The fourth-order valence-electron chi connectivity index (χ4n) is 4.48. The largest absolute Gasteiger partial charge is 0.510 e. The predicted molar refractivity (Wildman–Crippen MR) is 151 cm³/mol. The van der Waals surface area contributed by atoms with Crippen molar-refractivity contribution in [3.63, 3.8) is 0 Å². The van der Waals surface area contributed by atoms with Gasteiger partial charge in [-0.2, -0.15) is 0 Å². The van der Waals surface area contributed by atoms with Crippen LogP contribution < -0.4 is 10.3 Å². The summed E-state index contributed by atoms with van der Waals surface area (Å²) in [5, 5.41) is 20.6. The third kappa shape index (κ3) is 4.24. The molecule has 2 N–H and O–H groups in total. The van der Waals surface area contributed by atoms with Crippen LogP contribution in [0.3, 0.4) is 0 Å². The molecule has 0 bridgehead atoms. The van der Waals surface area contributed by atoms with Crippen LogP contribution in [-0.4, -0.2) is 60.2 Å². The molecule has 0 saturated heterocycles. The van der Waals surface area contributed by atoms with Gasteiger partial charge in [0.1, 0.15) is 22.9 Å². The molecular formula is C28H22N6O5S. The topological polar surface area (TPSA) is 137 Å². The van der Waals surface area contributed by atoms with E-state index in [4.69, 9.17) is 9.47 Å². The first-order chi connectivity index (χ1) is 19.5. The number of carbonyl (C=O) groups is 1. The lowest BCUT2D eigenvalue weighted by atomic mass is 10.2. The zero-order valence-electron chi connectivity index (χ0n) is 21.4. The number of nitrogens with one attached hydrogen (secondary N) is 1. The predicted octanol–water partition coefficient (Wildman–Crippen LogP) is 4.15. The number of imidazole rings is 1. The Morgan fingerprint density at radius 1 is 1.02 bits per heavy atom. The van der Waals surface area contributed by atoms with Gasteiger partial charge >= 0.3 is 5.97 Å². The summed E-state index contributed by atoms with van der Waals surface area (Å²) >= 11 is 1.15. The fourth-order valence-corrected chi connectivity index (χ4v) is 5.30. The summed E-state index contributed by atoms with van der Waals surface area (Å²) in [7, 11) is 2.79. The highest BCUT2D eigenvalue weighted by atomic mass is 32.2. The molecule has 12 heteroatoms. The molecule has 3 aromatic heterocycles. The molecule has 11 nitrogen and oxygen atoms in total. The van der Waals surface area contributed by atoms with Crippen molar-refractivity contribution in [3.8, 4) is 11.4 Å². The molecule has 6 aromatic rings. The van der Waals surface area contributed by atoms with Crippen LogP contribution in [-0.2, 0) is 9.53 Å². The number of aromatic amines is 1. The number of aliphatic hydroxyl groups excluding tert-OH is 1. The second-order valence-corrected chi connectivity index (χ2v) is 9.62. The molecular weight excluding hydrogens is 532 g/mol. The first kappa shape index (κ1) is 25.2. The number of aromatic nitrogens is 6. The van der Waals surface area contributed by atoms with Crippen molar-refractivity contribution >= 4 is 51.0 Å². The minimum Gasteiger partial charge on any atom is -0.510 e. The second kappa shape index (κ2) is 10.2. The van der Waals surface area contributed by atoms with E-state index in [2.05, 4.69) is 20.2 Å². The Hall–Kier alpha value is -5.10. The number of H-pyrrole nitrogens is 1. The van der Waals surface area contributed by atoms with Crippen molar-refractivity contribution in [1.82, 2.24) is 29.1 Å². The van der Waals surface area contributed by atoms with Crippen molar-refractivity contribution < 1.29 is 19.4 Å². The summed E-state index contributed by atoms with van der Waals surface area (Å²) in [6.45, 7) is 0. The lowest BCUT2D eigenvalue weighted by molar-refractivity contribution is -0.133. The average molecular weight is 555 g/mol. The number of fused-ring (bicyclic) bond motifs is 4. The molecule has 3 aromatic carbocycles. The normalized spacial score (nSPS) is 12.2. The first-order valence-electron chi connectivity index (χ1n) is 12.1. The number of ether oxygens (including phenoxy) is 2. The summed E-state index contributed by atoms with van der Waals surface area (Å²) in [5.41, 5.74) is 2.17. The number of carbonyl (C=O) groups excluding carboxylic acids is 1. The number of para-hydroxylation sites is 3. The number of esters is 1. The van der Waals surface area contributed by atoms with E-state index in [0.717, 1.165) is 11.8 Å². The van der Waals surface area contributed by atoms with Crippen LogP contribution in [0.2, 0.25) is 0 Å². The fraction of sp³-hybridized carbons (Fsp3) is 0.107. The van der Waals surface area contributed by atoms with E-state index >= 15 is 0 Å². The Bertz CT molecular complexity index is 1970. The summed E-state index contributed by atoms with van der Waals surface area (Å²) in [4.78, 5) is 33.8. The van der Waals surface area contributed by atoms with E-state index < -0.39 is 5.97 Å². The number of rotatable bonds is 7. The highest BCUT2D eigenvalue weighted by Crippen LogP contribution is 2.28. The third-order valence-electron chi connectivity index (χ3n) is 6.35. The monoisotopic (exact) mass is 554 g/mol. The number of thioether (sulfide) groups is 1.